The van der Waals surface area contributed by atoms with E-state index in [2.05, 4.69) is 4.99 Å². The van der Waals surface area contributed by atoms with Crippen molar-refractivity contribution in [2.24, 2.45) is 4.99 Å². The number of ether oxygens (including phenoxy) is 1. The van der Waals surface area contributed by atoms with Crippen molar-refractivity contribution in [3.05, 3.63) is 99.6 Å². The number of nitro groups is 1. The first-order valence-corrected chi connectivity index (χ1v) is 8.18. The van der Waals surface area contributed by atoms with Crippen LogP contribution in [-0.2, 0) is 6.61 Å². The Labute approximate surface area is 151 Å². The van der Waals surface area contributed by atoms with E-state index >= 15 is 0 Å². The van der Waals surface area contributed by atoms with Crippen molar-refractivity contribution < 1.29 is 9.66 Å². The minimum atomic E-state index is -0.415. The topological polar surface area (TPSA) is 64.7 Å². The molecule has 0 radical (unpaired) electrons. The van der Waals surface area contributed by atoms with Crippen LogP contribution in [0.5, 0.6) is 5.75 Å². The number of para-hydroxylation sites is 1. The van der Waals surface area contributed by atoms with Crippen LogP contribution in [0.3, 0.4) is 0 Å². The van der Waals surface area contributed by atoms with Gasteiger partial charge in [0.25, 0.3) is 5.69 Å². The Morgan fingerprint density at radius 2 is 1.81 bits per heavy atom. The Morgan fingerprint density at radius 1 is 1.04 bits per heavy atom. The van der Waals surface area contributed by atoms with Crippen LogP contribution in [0.1, 0.15) is 16.7 Å². The molecule has 5 nitrogen and oxygen atoms in total. The van der Waals surface area contributed by atoms with E-state index in [1.165, 1.54) is 12.1 Å². The van der Waals surface area contributed by atoms with Crippen LogP contribution in [0.4, 0.5) is 11.4 Å². The molecule has 3 aromatic carbocycles. The first-order chi connectivity index (χ1) is 12.6. The molecular weight excluding hydrogens is 328 g/mol. The van der Waals surface area contributed by atoms with E-state index in [1.54, 1.807) is 18.3 Å². The summed E-state index contributed by atoms with van der Waals surface area (Å²) in [5.74, 6) is 0.720. The molecule has 0 bridgehead atoms. The molecule has 0 spiro atoms. The number of rotatable bonds is 6. The fourth-order valence-electron chi connectivity index (χ4n) is 2.42. The molecule has 0 saturated carbocycles. The van der Waals surface area contributed by atoms with E-state index < -0.39 is 4.92 Å². The van der Waals surface area contributed by atoms with E-state index in [-0.39, 0.29) is 5.69 Å². The largest absolute Gasteiger partial charge is 0.489 e. The molecule has 26 heavy (non-hydrogen) atoms. The van der Waals surface area contributed by atoms with Gasteiger partial charge in [-0.1, -0.05) is 30.3 Å². The van der Waals surface area contributed by atoms with Gasteiger partial charge in [-0.3, -0.25) is 15.1 Å². The van der Waals surface area contributed by atoms with Crippen LogP contribution in [0.2, 0.25) is 0 Å². The Kier molecular flexibility index (Phi) is 5.39. The number of aryl methyl sites for hydroxylation is 1. The van der Waals surface area contributed by atoms with Gasteiger partial charge in [-0.2, -0.15) is 0 Å². The molecule has 0 fully saturated rings. The molecule has 0 unspecified atom stereocenters. The summed E-state index contributed by atoms with van der Waals surface area (Å²) in [6.45, 7) is 2.37. The van der Waals surface area contributed by atoms with Crippen LogP contribution in [0, 0.1) is 17.0 Å². The average molecular weight is 346 g/mol. The summed E-state index contributed by atoms with van der Waals surface area (Å²) in [5, 5.41) is 10.7. The number of hydrogen-bond acceptors (Lipinski definition) is 4. The molecule has 5 heteroatoms. The van der Waals surface area contributed by atoms with Gasteiger partial charge in [-0.25, -0.2) is 0 Å². The lowest BCUT2D eigenvalue weighted by atomic mass is 10.2. The Morgan fingerprint density at radius 3 is 2.54 bits per heavy atom. The molecule has 0 N–H and O–H groups in total. The third-order valence-corrected chi connectivity index (χ3v) is 3.88. The summed E-state index contributed by atoms with van der Waals surface area (Å²) in [4.78, 5) is 14.8. The van der Waals surface area contributed by atoms with Crippen LogP contribution in [-0.4, -0.2) is 11.1 Å². The Bertz CT molecular complexity index is 934. The predicted octanol–water partition coefficient (Wildman–Crippen LogP) is 5.23. The third kappa shape index (κ3) is 4.54. The van der Waals surface area contributed by atoms with Gasteiger partial charge in [0, 0.05) is 18.3 Å². The number of hydrogen-bond donors (Lipinski definition) is 0. The molecule has 3 rings (SSSR count). The van der Waals surface area contributed by atoms with E-state index in [1.807, 2.05) is 55.5 Å². The Hall–Kier alpha value is -3.47. The average Bonchev–Trinajstić information content (AvgIpc) is 2.66. The lowest BCUT2D eigenvalue weighted by Crippen LogP contribution is -1.96. The van der Waals surface area contributed by atoms with E-state index in [9.17, 15) is 10.1 Å². The van der Waals surface area contributed by atoms with Crippen molar-refractivity contribution in [1.29, 1.82) is 0 Å². The maximum absolute atomic E-state index is 10.7. The maximum Gasteiger partial charge on any atom is 0.269 e. The third-order valence-electron chi connectivity index (χ3n) is 3.88. The molecule has 0 heterocycles. The zero-order valence-corrected chi connectivity index (χ0v) is 14.3. The van der Waals surface area contributed by atoms with E-state index in [4.69, 9.17) is 4.74 Å². The second kappa shape index (κ2) is 8.07. The summed E-state index contributed by atoms with van der Waals surface area (Å²) in [7, 11) is 0. The smallest absolute Gasteiger partial charge is 0.269 e. The molecule has 0 atom stereocenters. The fraction of sp³-hybridized carbons (Fsp3) is 0.0952. The quantitative estimate of drug-likeness (QED) is 0.348. The molecule has 0 aliphatic rings. The molecule has 0 aromatic heterocycles. The number of nitro benzene ring substituents is 1. The second-order valence-corrected chi connectivity index (χ2v) is 5.83. The molecule has 0 aliphatic carbocycles. The van der Waals surface area contributed by atoms with Crippen molar-refractivity contribution in [1.82, 2.24) is 0 Å². The second-order valence-electron chi connectivity index (χ2n) is 5.83. The molecule has 0 amide bonds. The number of benzene rings is 3. The lowest BCUT2D eigenvalue weighted by molar-refractivity contribution is -0.384. The molecule has 0 saturated heterocycles. The summed E-state index contributed by atoms with van der Waals surface area (Å²) in [6, 6.07) is 21.9. The summed E-state index contributed by atoms with van der Waals surface area (Å²) in [5.41, 5.74) is 3.94. The molecule has 3 aromatic rings. The first-order valence-electron chi connectivity index (χ1n) is 8.18. The maximum atomic E-state index is 10.7. The summed E-state index contributed by atoms with van der Waals surface area (Å²) in [6.07, 6.45) is 1.81. The van der Waals surface area contributed by atoms with Gasteiger partial charge in [-0.15, -0.1) is 0 Å². The highest BCUT2D eigenvalue weighted by molar-refractivity contribution is 5.82. The summed E-state index contributed by atoms with van der Waals surface area (Å²) >= 11 is 0. The van der Waals surface area contributed by atoms with Gasteiger partial charge in [0.1, 0.15) is 12.4 Å². The van der Waals surface area contributed by atoms with Crippen molar-refractivity contribution >= 4 is 17.6 Å². The monoisotopic (exact) mass is 346 g/mol. The standard InChI is InChI=1S/C21H18N2O3/c1-16-5-2-3-8-21(16)22-14-18-6-4-7-20(13-18)26-15-17-9-11-19(12-10-17)23(24)25/h2-14H,15H2,1H3. The highest BCUT2D eigenvalue weighted by Gasteiger charge is 2.04. The highest BCUT2D eigenvalue weighted by Crippen LogP contribution is 2.19. The fourth-order valence-corrected chi connectivity index (χ4v) is 2.42. The molecular formula is C21H18N2O3. The van der Waals surface area contributed by atoms with Crippen molar-refractivity contribution in [2.45, 2.75) is 13.5 Å². The van der Waals surface area contributed by atoms with Gasteiger partial charge in [0.2, 0.25) is 0 Å². The van der Waals surface area contributed by atoms with Gasteiger partial charge in [-0.05, 0) is 53.9 Å². The van der Waals surface area contributed by atoms with Gasteiger partial charge in [0.05, 0.1) is 10.6 Å². The molecule has 0 aliphatic heterocycles. The van der Waals surface area contributed by atoms with Gasteiger partial charge in [0.15, 0.2) is 0 Å². The summed E-state index contributed by atoms with van der Waals surface area (Å²) < 4.78 is 5.78. The number of aliphatic imine (C=N–C) groups is 1. The zero-order chi connectivity index (χ0) is 18.4. The van der Waals surface area contributed by atoms with Crippen LogP contribution in [0.15, 0.2) is 77.8 Å². The zero-order valence-electron chi connectivity index (χ0n) is 14.3. The minimum Gasteiger partial charge on any atom is -0.489 e. The lowest BCUT2D eigenvalue weighted by Gasteiger charge is -2.07. The predicted molar refractivity (Wildman–Crippen MR) is 102 cm³/mol. The van der Waals surface area contributed by atoms with Gasteiger partial charge < -0.3 is 4.74 Å². The van der Waals surface area contributed by atoms with E-state index in [0.717, 1.165) is 28.1 Å². The molecule has 130 valence electrons. The van der Waals surface area contributed by atoms with Crippen LogP contribution in [0.25, 0.3) is 0 Å². The van der Waals surface area contributed by atoms with E-state index in [0.29, 0.717) is 6.61 Å². The SMILES string of the molecule is Cc1ccccc1N=Cc1cccc(OCc2ccc([N+](=O)[O-])cc2)c1. The minimum absolute atomic E-state index is 0.0724. The van der Waals surface area contributed by atoms with Crippen molar-refractivity contribution in [3.8, 4) is 5.75 Å². The number of nitrogens with zero attached hydrogens (tertiary/aromatic N) is 2. The van der Waals surface area contributed by atoms with Gasteiger partial charge >= 0.3 is 0 Å². The Balaban J connectivity index is 1.65. The van der Waals surface area contributed by atoms with Crippen molar-refractivity contribution in [3.63, 3.8) is 0 Å². The van der Waals surface area contributed by atoms with Crippen LogP contribution >= 0.6 is 0 Å². The van der Waals surface area contributed by atoms with Crippen molar-refractivity contribution in [2.75, 3.05) is 0 Å². The number of non-ortho nitro benzene ring substituents is 1. The highest BCUT2D eigenvalue weighted by atomic mass is 16.6. The normalized spacial score (nSPS) is 10.8. The first kappa shape index (κ1) is 17.4. The van der Waals surface area contributed by atoms with Crippen LogP contribution < -0.4 is 4.74 Å².